The number of aromatic nitrogens is 1. The van der Waals surface area contributed by atoms with Gasteiger partial charge in [-0.05, 0) is 12.1 Å². The van der Waals surface area contributed by atoms with Crippen LogP contribution < -0.4 is 5.73 Å². The van der Waals surface area contributed by atoms with Crippen LogP contribution in [0.1, 0.15) is 16.1 Å². The second-order valence-electron chi connectivity index (χ2n) is 4.64. The van der Waals surface area contributed by atoms with Crippen LogP contribution >= 0.6 is 11.6 Å². The maximum absolute atomic E-state index is 12.0. The Morgan fingerprint density at radius 2 is 2.09 bits per heavy atom. The number of benzene rings is 1. The molecule has 0 saturated heterocycles. The van der Waals surface area contributed by atoms with Crippen LogP contribution in [-0.4, -0.2) is 32.3 Å². The second-order valence-corrected chi connectivity index (χ2v) is 7.00. The first-order valence-electron chi connectivity index (χ1n) is 6.20. The molecule has 0 radical (unpaired) electrons. The van der Waals surface area contributed by atoms with Gasteiger partial charge in [0, 0.05) is 12.5 Å². The topological polar surface area (TPSA) is 115 Å². The number of rotatable bonds is 3. The Kier molecular flexibility index (Phi) is 4.36. The Bertz CT molecular complexity index is 942. The van der Waals surface area contributed by atoms with Gasteiger partial charge in [-0.25, -0.2) is 13.2 Å². The van der Waals surface area contributed by atoms with Crippen molar-refractivity contribution in [3.8, 4) is 11.8 Å². The molecule has 0 fully saturated rings. The third-order valence-electron chi connectivity index (χ3n) is 3.12. The first-order chi connectivity index (χ1) is 10.7. The molecule has 2 rings (SSSR count). The summed E-state index contributed by atoms with van der Waals surface area (Å²) in [5.41, 5.74) is 5.68. The number of carbonyl (C=O) groups is 1. The Balaban J connectivity index is 2.92. The number of sulfone groups is 1. The SMILES string of the molecule is COC(=O)c1c(N)c(C#N)cn1-c1cccc(Cl)c1S(C)(=O)=O. The van der Waals surface area contributed by atoms with Crippen LogP contribution in [-0.2, 0) is 14.6 Å². The Hall–Kier alpha value is -2.50. The second kappa shape index (κ2) is 5.95. The number of nitrogens with two attached hydrogens (primary N) is 1. The third kappa shape index (κ3) is 2.88. The number of nitrogens with zero attached hydrogens (tertiary/aromatic N) is 2. The zero-order valence-corrected chi connectivity index (χ0v) is 13.8. The normalized spacial score (nSPS) is 11.0. The average molecular weight is 354 g/mol. The zero-order valence-electron chi connectivity index (χ0n) is 12.2. The summed E-state index contributed by atoms with van der Waals surface area (Å²) in [6, 6.07) is 6.23. The lowest BCUT2D eigenvalue weighted by atomic mass is 10.2. The first-order valence-corrected chi connectivity index (χ1v) is 8.47. The molecular weight excluding hydrogens is 342 g/mol. The highest BCUT2D eigenvalue weighted by Crippen LogP contribution is 2.32. The lowest BCUT2D eigenvalue weighted by Gasteiger charge is -2.13. The zero-order chi connectivity index (χ0) is 17.4. The van der Waals surface area contributed by atoms with Crippen molar-refractivity contribution in [1.29, 1.82) is 5.26 Å². The van der Waals surface area contributed by atoms with E-state index in [9.17, 15) is 13.2 Å². The van der Waals surface area contributed by atoms with Crippen molar-refractivity contribution < 1.29 is 17.9 Å². The molecule has 0 unspecified atom stereocenters. The summed E-state index contributed by atoms with van der Waals surface area (Å²) in [6.07, 6.45) is 2.26. The number of ether oxygens (including phenoxy) is 1. The van der Waals surface area contributed by atoms with E-state index in [1.165, 1.54) is 29.0 Å². The molecule has 2 N–H and O–H groups in total. The van der Waals surface area contributed by atoms with E-state index in [1.807, 2.05) is 6.07 Å². The van der Waals surface area contributed by atoms with Gasteiger partial charge >= 0.3 is 5.97 Å². The van der Waals surface area contributed by atoms with Gasteiger partial charge in [-0.1, -0.05) is 17.7 Å². The lowest BCUT2D eigenvalue weighted by molar-refractivity contribution is 0.0593. The van der Waals surface area contributed by atoms with Gasteiger partial charge < -0.3 is 15.0 Å². The predicted molar refractivity (Wildman–Crippen MR) is 84.4 cm³/mol. The number of nitriles is 1. The summed E-state index contributed by atoms with van der Waals surface area (Å²) in [4.78, 5) is 11.8. The van der Waals surface area contributed by atoms with E-state index in [-0.39, 0.29) is 32.6 Å². The fourth-order valence-electron chi connectivity index (χ4n) is 2.16. The van der Waals surface area contributed by atoms with Gasteiger partial charge in [-0.3, -0.25) is 0 Å². The van der Waals surface area contributed by atoms with E-state index >= 15 is 0 Å². The number of hydrogen-bond donors (Lipinski definition) is 1. The molecule has 0 amide bonds. The molecule has 2 aromatic rings. The van der Waals surface area contributed by atoms with Crippen LogP contribution in [0, 0.1) is 11.3 Å². The van der Waals surface area contributed by atoms with Crippen molar-refractivity contribution in [3.63, 3.8) is 0 Å². The Morgan fingerprint density at radius 1 is 1.43 bits per heavy atom. The van der Waals surface area contributed by atoms with Gasteiger partial charge in [0.15, 0.2) is 15.5 Å². The largest absolute Gasteiger partial charge is 0.464 e. The monoisotopic (exact) mass is 353 g/mol. The number of esters is 1. The molecule has 0 atom stereocenters. The highest BCUT2D eigenvalue weighted by molar-refractivity contribution is 7.91. The summed E-state index contributed by atoms with van der Waals surface area (Å²) in [6.45, 7) is 0. The number of anilines is 1. The van der Waals surface area contributed by atoms with Crippen LogP contribution in [0.15, 0.2) is 29.3 Å². The molecule has 0 spiro atoms. The van der Waals surface area contributed by atoms with Crippen molar-refractivity contribution in [2.24, 2.45) is 0 Å². The number of halogens is 1. The molecule has 0 aliphatic heterocycles. The Labute approximate surface area is 137 Å². The highest BCUT2D eigenvalue weighted by atomic mass is 35.5. The van der Waals surface area contributed by atoms with Gasteiger partial charge in [0.2, 0.25) is 0 Å². The van der Waals surface area contributed by atoms with Crippen LogP contribution in [0.3, 0.4) is 0 Å². The first kappa shape index (κ1) is 16.9. The highest BCUT2D eigenvalue weighted by Gasteiger charge is 2.26. The standard InChI is InChI=1S/C14H12ClN3O4S/c1-22-14(19)12-11(17)8(6-16)7-18(12)10-5-3-4-9(15)13(10)23(2,20)21/h3-5,7H,17H2,1-2H3. The number of nitrogen functional groups attached to an aromatic ring is 1. The summed E-state index contributed by atoms with van der Waals surface area (Å²) in [7, 11) is -2.55. The molecule has 0 bridgehead atoms. The number of hydrogen-bond acceptors (Lipinski definition) is 6. The fraction of sp³-hybridized carbons (Fsp3) is 0.143. The molecule has 1 aromatic heterocycles. The minimum absolute atomic E-state index is 0.00778. The van der Waals surface area contributed by atoms with Gasteiger partial charge in [-0.2, -0.15) is 5.26 Å². The molecule has 0 aliphatic rings. The third-order valence-corrected chi connectivity index (χ3v) is 4.72. The quantitative estimate of drug-likeness (QED) is 0.841. The van der Waals surface area contributed by atoms with Crippen LogP contribution in [0.4, 0.5) is 5.69 Å². The summed E-state index contributed by atoms with van der Waals surface area (Å²) < 4.78 is 30.0. The minimum Gasteiger partial charge on any atom is -0.464 e. The maximum atomic E-state index is 12.0. The van der Waals surface area contributed by atoms with Gasteiger partial charge in [-0.15, -0.1) is 0 Å². The van der Waals surface area contributed by atoms with Crippen molar-refractivity contribution >= 4 is 33.1 Å². The van der Waals surface area contributed by atoms with Crippen LogP contribution in [0.2, 0.25) is 5.02 Å². The van der Waals surface area contributed by atoms with Crippen molar-refractivity contribution in [2.45, 2.75) is 4.90 Å². The molecule has 1 heterocycles. The maximum Gasteiger partial charge on any atom is 0.357 e. The Morgan fingerprint density at radius 3 is 2.61 bits per heavy atom. The number of methoxy groups -OCH3 is 1. The average Bonchev–Trinajstić information content (AvgIpc) is 2.81. The van der Waals surface area contributed by atoms with E-state index in [2.05, 4.69) is 4.74 Å². The van der Waals surface area contributed by atoms with Crippen molar-refractivity contribution in [1.82, 2.24) is 4.57 Å². The van der Waals surface area contributed by atoms with Gasteiger partial charge in [0.25, 0.3) is 0 Å². The molecule has 0 aliphatic carbocycles. The van der Waals surface area contributed by atoms with E-state index in [0.717, 1.165) is 13.4 Å². The molecule has 9 heteroatoms. The van der Waals surface area contributed by atoms with E-state index in [1.54, 1.807) is 0 Å². The van der Waals surface area contributed by atoms with Crippen LogP contribution in [0.25, 0.3) is 5.69 Å². The molecular formula is C14H12ClN3O4S. The van der Waals surface area contributed by atoms with Crippen molar-refractivity contribution in [3.05, 3.63) is 40.7 Å². The van der Waals surface area contributed by atoms with Crippen molar-refractivity contribution in [2.75, 3.05) is 19.1 Å². The summed E-state index contributed by atoms with van der Waals surface area (Å²) >= 11 is 6.01. The van der Waals surface area contributed by atoms with Gasteiger partial charge in [0.1, 0.15) is 11.0 Å². The lowest BCUT2D eigenvalue weighted by Crippen LogP contribution is -2.13. The molecule has 1 aromatic carbocycles. The van der Waals surface area contributed by atoms with E-state index < -0.39 is 15.8 Å². The molecule has 23 heavy (non-hydrogen) atoms. The predicted octanol–water partition coefficient (Wildman–Crippen LogP) is 1.77. The minimum atomic E-state index is -3.70. The van der Waals surface area contributed by atoms with Crippen LogP contribution in [0.5, 0.6) is 0 Å². The van der Waals surface area contributed by atoms with E-state index in [4.69, 9.17) is 22.6 Å². The number of carbonyl (C=O) groups excluding carboxylic acids is 1. The van der Waals surface area contributed by atoms with Gasteiger partial charge in [0.05, 0.1) is 29.1 Å². The summed E-state index contributed by atoms with van der Waals surface area (Å²) in [5.74, 6) is -0.802. The van der Waals surface area contributed by atoms with E-state index in [0.29, 0.717) is 0 Å². The molecule has 7 nitrogen and oxygen atoms in total. The molecule has 0 saturated carbocycles. The fourth-order valence-corrected chi connectivity index (χ4v) is 3.72. The smallest absolute Gasteiger partial charge is 0.357 e. The summed E-state index contributed by atoms with van der Waals surface area (Å²) in [5, 5.41) is 9.09. The molecule has 120 valence electrons.